The van der Waals surface area contributed by atoms with Crippen molar-refractivity contribution in [2.75, 3.05) is 29.9 Å². The number of piperidine rings is 1. The zero-order chi connectivity index (χ0) is 19.9. The number of likely N-dealkylation sites (N-methyl/N-ethyl adjacent to an activating group) is 1. The Hall–Kier alpha value is -2.31. The summed E-state index contributed by atoms with van der Waals surface area (Å²) in [5, 5.41) is 0. The van der Waals surface area contributed by atoms with Crippen LogP contribution in [0.15, 0.2) is 12.1 Å². The molecule has 0 bridgehead atoms. The number of rotatable bonds is 1. The molecule has 0 N–H and O–H groups in total. The summed E-state index contributed by atoms with van der Waals surface area (Å²) < 4.78 is 5.48. The van der Waals surface area contributed by atoms with E-state index in [1.165, 1.54) is 0 Å². The predicted octanol–water partition coefficient (Wildman–Crippen LogP) is 2.96. The van der Waals surface area contributed by atoms with E-state index in [1.54, 1.807) is 16.8 Å². The number of anilines is 2. The number of carbonyl (C=O) groups excluding carboxylic acids is 2. The molecular weight excluding hydrogens is 344 g/mol. The minimum Gasteiger partial charge on any atom is -0.444 e. The maximum Gasteiger partial charge on any atom is 0.410 e. The lowest BCUT2D eigenvalue weighted by Gasteiger charge is -2.46. The van der Waals surface area contributed by atoms with E-state index in [-0.39, 0.29) is 24.1 Å². The van der Waals surface area contributed by atoms with Crippen molar-refractivity contribution < 1.29 is 14.3 Å². The molecule has 1 atom stereocenters. The van der Waals surface area contributed by atoms with Crippen molar-refractivity contribution >= 4 is 23.5 Å². The normalized spacial score (nSPS) is 21.3. The van der Waals surface area contributed by atoms with Crippen molar-refractivity contribution in [3.05, 3.63) is 17.8 Å². The maximum absolute atomic E-state index is 12.7. The van der Waals surface area contributed by atoms with Crippen LogP contribution in [-0.4, -0.2) is 59.7 Å². The fourth-order valence-corrected chi connectivity index (χ4v) is 3.83. The molecule has 1 saturated heterocycles. The number of carbonyl (C=O) groups is 2. The molecule has 0 radical (unpaired) electrons. The molecule has 1 fully saturated rings. The first kappa shape index (κ1) is 19.5. The number of amides is 2. The van der Waals surface area contributed by atoms with Gasteiger partial charge in [-0.3, -0.25) is 4.79 Å². The van der Waals surface area contributed by atoms with Crippen molar-refractivity contribution in [1.29, 1.82) is 0 Å². The number of nitrogens with zero attached hydrogens (tertiary/aromatic N) is 4. The van der Waals surface area contributed by atoms with Crippen LogP contribution in [0.1, 0.15) is 46.2 Å². The Morgan fingerprint density at radius 3 is 2.44 bits per heavy atom. The van der Waals surface area contributed by atoms with E-state index in [9.17, 15) is 9.59 Å². The van der Waals surface area contributed by atoms with E-state index in [1.807, 2.05) is 46.8 Å². The van der Waals surface area contributed by atoms with Gasteiger partial charge in [-0.05, 0) is 59.6 Å². The van der Waals surface area contributed by atoms with Crippen LogP contribution in [0.4, 0.5) is 16.3 Å². The van der Waals surface area contributed by atoms with Gasteiger partial charge in [0.1, 0.15) is 11.6 Å². The zero-order valence-electron chi connectivity index (χ0n) is 17.2. The summed E-state index contributed by atoms with van der Waals surface area (Å²) in [7, 11) is 1.80. The molecule has 2 aliphatic heterocycles. The monoisotopic (exact) mass is 374 g/mol. The van der Waals surface area contributed by atoms with Crippen molar-refractivity contribution in [2.24, 2.45) is 0 Å². The first-order valence-corrected chi connectivity index (χ1v) is 9.60. The molecule has 2 aliphatic rings. The second-order valence-corrected chi connectivity index (χ2v) is 8.47. The first-order valence-electron chi connectivity index (χ1n) is 9.60. The van der Waals surface area contributed by atoms with Crippen LogP contribution < -0.4 is 9.80 Å². The molecule has 0 spiro atoms. The number of likely N-dealkylation sites (tertiary alicyclic amines) is 1. The van der Waals surface area contributed by atoms with Crippen LogP contribution >= 0.6 is 0 Å². The first-order chi connectivity index (χ1) is 12.6. The molecule has 0 saturated carbocycles. The predicted molar refractivity (Wildman–Crippen MR) is 105 cm³/mol. The minimum absolute atomic E-state index is 0.0720. The summed E-state index contributed by atoms with van der Waals surface area (Å²) in [6.07, 6.45) is 1.31. The topological polar surface area (TPSA) is 66.0 Å². The highest BCUT2D eigenvalue weighted by molar-refractivity contribution is 6.04. The van der Waals surface area contributed by atoms with E-state index in [0.29, 0.717) is 13.1 Å². The average molecular weight is 374 g/mol. The van der Waals surface area contributed by atoms with Gasteiger partial charge in [0, 0.05) is 31.9 Å². The second kappa shape index (κ2) is 7.02. The molecule has 1 unspecified atom stereocenters. The van der Waals surface area contributed by atoms with Gasteiger partial charge in [0.25, 0.3) is 0 Å². The zero-order valence-corrected chi connectivity index (χ0v) is 17.2. The summed E-state index contributed by atoms with van der Waals surface area (Å²) in [4.78, 5) is 35.4. The summed E-state index contributed by atoms with van der Waals surface area (Å²) >= 11 is 0. The fraction of sp³-hybridized carbons (Fsp3) is 0.650. The van der Waals surface area contributed by atoms with Crippen molar-refractivity contribution in [3.8, 4) is 0 Å². The third-order valence-electron chi connectivity index (χ3n) is 5.21. The highest BCUT2D eigenvalue weighted by Crippen LogP contribution is 2.37. The molecular formula is C20H30N4O3. The molecule has 0 aliphatic carbocycles. The largest absolute Gasteiger partial charge is 0.444 e. The van der Waals surface area contributed by atoms with Gasteiger partial charge in [-0.2, -0.15) is 0 Å². The van der Waals surface area contributed by atoms with Gasteiger partial charge in [-0.15, -0.1) is 0 Å². The van der Waals surface area contributed by atoms with Gasteiger partial charge in [0.2, 0.25) is 5.91 Å². The third kappa shape index (κ3) is 3.87. The molecule has 0 aromatic carbocycles. The van der Waals surface area contributed by atoms with Crippen molar-refractivity contribution in [1.82, 2.24) is 9.88 Å². The molecule has 3 rings (SSSR count). The Morgan fingerprint density at radius 2 is 1.85 bits per heavy atom. The second-order valence-electron chi connectivity index (χ2n) is 8.47. The van der Waals surface area contributed by atoms with Crippen LogP contribution in [0.5, 0.6) is 0 Å². The molecule has 2 amide bonds. The Morgan fingerprint density at radius 1 is 1.22 bits per heavy atom. The molecule has 1 aromatic rings. The maximum atomic E-state index is 12.7. The SMILES string of the molecule is Cc1ccc2c(n1)N(C1CCN(C(=O)OC(C)(C)C)CC1)C(C)C(=O)N2C. The minimum atomic E-state index is -0.493. The van der Waals surface area contributed by atoms with E-state index < -0.39 is 5.60 Å². The van der Waals surface area contributed by atoms with Gasteiger partial charge >= 0.3 is 6.09 Å². The highest BCUT2D eigenvalue weighted by atomic mass is 16.6. The molecule has 27 heavy (non-hydrogen) atoms. The fourth-order valence-electron chi connectivity index (χ4n) is 3.83. The molecule has 1 aromatic heterocycles. The lowest BCUT2D eigenvalue weighted by atomic mass is 9.99. The lowest BCUT2D eigenvalue weighted by molar-refractivity contribution is -0.119. The molecule has 3 heterocycles. The Kier molecular flexibility index (Phi) is 5.06. The summed E-state index contributed by atoms with van der Waals surface area (Å²) in [6.45, 7) is 10.8. The third-order valence-corrected chi connectivity index (χ3v) is 5.21. The smallest absolute Gasteiger partial charge is 0.410 e. The van der Waals surface area contributed by atoms with Gasteiger partial charge in [-0.25, -0.2) is 9.78 Å². The average Bonchev–Trinajstić information content (AvgIpc) is 2.59. The standard InChI is InChI=1S/C20H30N4O3/c1-13-7-8-16-17(21-13)24(14(2)18(25)22(16)6)15-9-11-23(12-10-15)19(26)27-20(3,4)5/h7-8,14-15H,9-12H2,1-6H3. The Balaban J connectivity index is 1.78. The number of hydrogen-bond donors (Lipinski definition) is 0. The van der Waals surface area contributed by atoms with Crippen molar-refractivity contribution in [2.45, 2.75) is 65.1 Å². The quantitative estimate of drug-likeness (QED) is 0.756. The summed E-state index contributed by atoms with van der Waals surface area (Å²) in [5.41, 5.74) is 1.28. The Bertz CT molecular complexity index is 735. The number of pyridine rings is 1. The van der Waals surface area contributed by atoms with Crippen LogP contribution in [0.3, 0.4) is 0 Å². The van der Waals surface area contributed by atoms with Gasteiger partial charge in [0.05, 0.1) is 5.69 Å². The lowest BCUT2D eigenvalue weighted by Crippen LogP contribution is -2.57. The van der Waals surface area contributed by atoms with Crippen LogP contribution in [0.2, 0.25) is 0 Å². The van der Waals surface area contributed by atoms with Crippen molar-refractivity contribution in [3.63, 3.8) is 0 Å². The summed E-state index contributed by atoms with van der Waals surface area (Å²) in [5.74, 6) is 0.933. The van der Waals surface area contributed by atoms with E-state index in [4.69, 9.17) is 9.72 Å². The van der Waals surface area contributed by atoms with Gasteiger partial charge in [0.15, 0.2) is 5.82 Å². The van der Waals surface area contributed by atoms with Crippen LogP contribution in [-0.2, 0) is 9.53 Å². The number of fused-ring (bicyclic) bond motifs is 1. The summed E-state index contributed by atoms with van der Waals surface area (Å²) in [6, 6.07) is 3.80. The van der Waals surface area contributed by atoms with E-state index >= 15 is 0 Å². The molecule has 7 heteroatoms. The molecule has 7 nitrogen and oxygen atoms in total. The van der Waals surface area contributed by atoms with Crippen LogP contribution in [0, 0.1) is 6.92 Å². The van der Waals surface area contributed by atoms with Gasteiger partial charge < -0.3 is 19.4 Å². The van der Waals surface area contributed by atoms with E-state index in [2.05, 4.69) is 4.90 Å². The number of hydrogen-bond acceptors (Lipinski definition) is 5. The highest BCUT2D eigenvalue weighted by Gasteiger charge is 2.40. The number of aryl methyl sites for hydroxylation is 1. The van der Waals surface area contributed by atoms with E-state index in [0.717, 1.165) is 30.0 Å². The van der Waals surface area contributed by atoms with Gasteiger partial charge in [-0.1, -0.05) is 0 Å². The molecule has 148 valence electrons. The van der Waals surface area contributed by atoms with Crippen LogP contribution in [0.25, 0.3) is 0 Å². The Labute approximate surface area is 161 Å². The number of ether oxygens (including phenoxy) is 1. The number of aromatic nitrogens is 1.